The monoisotopic (exact) mass is 540 g/mol. The molecular weight excluding hydrogens is 516 g/mol. The highest BCUT2D eigenvalue weighted by molar-refractivity contribution is 14.0. The van der Waals surface area contributed by atoms with Crippen LogP contribution in [0.15, 0.2) is 41.5 Å². The van der Waals surface area contributed by atoms with E-state index >= 15 is 0 Å². The molecule has 1 heterocycles. The highest BCUT2D eigenvalue weighted by Gasteiger charge is 2.30. The summed E-state index contributed by atoms with van der Waals surface area (Å²) in [5.74, 6) is 1.65. The minimum Gasteiger partial charge on any atom is -0.493 e. The Labute approximate surface area is 189 Å². The molecule has 0 spiro atoms. The van der Waals surface area contributed by atoms with Crippen LogP contribution < -0.4 is 25.3 Å². The molecule has 1 aromatic carbocycles. The van der Waals surface area contributed by atoms with Crippen molar-refractivity contribution in [2.45, 2.75) is 12.6 Å². The van der Waals surface area contributed by atoms with Gasteiger partial charge in [-0.2, -0.15) is 13.2 Å². The molecule has 166 valence electrons. The minimum absolute atomic E-state index is 0. The molecule has 0 aliphatic carbocycles. The first-order valence-electron chi connectivity index (χ1n) is 8.74. The van der Waals surface area contributed by atoms with Gasteiger partial charge in [0.1, 0.15) is 6.61 Å². The second-order valence-electron chi connectivity index (χ2n) is 5.86. The van der Waals surface area contributed by atoms with Gasteiger partial charge in [0.15, 0.2) is 17.5 Å². The average Bonchev–Trinajstić information content (AvgIpc) is 2.70. The van der Waals surface area contributed by atoms with Gasteiger partial charge in [-0.3, -0.25) is 4.99 Å². The third kappa shape index (κ3) is 8.13. The van der Waals surface area contributed by atoms with Crippen LogP contribution in [0.3, 0.4) is 0 Å². The fourth-order valence-corrected chi connectivity index (χ4v) is 2.37. The summed E-state index contributed by atoms with van der Waals surface area (Å²) in [4.78, 5) is 7.84. The van der Waals surface area contributed by atoms with Crippen LogP contribution in [0.1, 0.15) is 11.1 Å². The SMILES string of the molecule is COc1ccc(CCN=C(N)NCCOc2ccc(C(F)(F)F)cn2)cc1OC.I. The fraction of sp³-hybridized carbons (Fsp3) is 0.368. The molecule has 11 heteroatoms. The van der Waals surface area contributed by atoms with E-state index in [4.69, 9.17) is 19.9 Å². The van der Waals surface area contributed by atoms with Gasteiger partial charge in [0.05, 0.1) is 26.3 Å². The smallest absolute Gasteiger partial charge is 0.417 e. The van der Waals surface area contributed by atoms with Gasteiger partial charge < -0.3 is 25.3 Å². The Morgan fingerprint density at radius 3 is 2.47 bits per heavy atom. The number of benzene rings is 1. The van der Waals surface area contributed by atoms with Crippen LogP contribution in [0.25, 0.3) is 0 Å². The van der Waals surface area contributed by atoms with Gasteiger partial charge in [0, 0.05) is 18.8 Å². The molecule has 3 N–H and O–H groups in total. The maximum atomic E-state index is 12.5. The van der Waals surface area contributed by atoms with E-state index in [1.807, 2.05) is 18.2 Å². The van der Waals surface area contributed by atoms with Crippen molar-refractivity contribution in [2.24, 2.45) is 10.7 Å². The lowest BCUT2D eigenvalue weighted by Gasteiger charge is -2.10. The Balaban J connectivity index is 0.00000450. The lowest BCUT2D eigenvalue weighted by atomic mass is 10.1. The number of halogens is 4. The van der Waals surface area contributed by atoms with E-state index < -0.39 is 11.7 Å². The molecule has 7 nitrogen and oxygen atoms in total. The molecule has 1 aromatic heterocycles. The summed E-state index contributed by atoms with van der Waals surface area (Å²) >= 11 is 0. The molecule has 0 saturated heterocycles. The molecule has 0 radical (unpaired) electrons. The van der Waals surface area contributed by atoms with Crippen molar-refractivity contribution >= 4 is 29.9 Å². The second kappa shape index (κ2) is 12.3. The van der Waals surface area contributed by atoms with Gasteiger partial charge >= 0.3 is 6.18 Å². The van der Waals surface area contributed by atoms with Crippen LogP contribution in [0.4, 0.5) is 13.2 Å². The number of hydrogen-bond acceptors (Lipinski definition) is 5. The van der Waals surface area contributed by atoms with Crippen LogP contribution in [0.5, 0.6) is 17.4 Å². The summed E-state index contributed by atoms with van der Waals surface area (Å²) in [6.07, 6.45) is -3.03. The van der Waals surface area contributed by atoms with E-state index in [9.17, 15) is 13.2 Å². The number of ether oxygens (including phenoxy) is 3. The zero-order valence-corrected chi connectivity index (χ0v) is 18.9. The Morgan fingerprint density at radius 2 is 1.87 bits per heavy atom. The number of nitrogens with one attached hydrogen (secondary N) is 1. The molecular formula is C19H24F3IN4O3. The third-order valence-corrected chi connectivity index (χ3v) is 3.85. The van der Waals surface area contributed by atoms with Crippen LogP contribution in [0.2, 0.25) is 0 Å². The summed E-state index contributed by atoms with van der Waals surface area (Å²) in [7, 11) is 3.15. The van der Waals surface area contributed by atoms with Crippen LogP contribution in [-0.4, -0.2) is 44.9 Å². The number of nitrogens with two attached hydrogens (primary N) is 1. The largest absolute Gasteiger partial charge is 0.493 e. The Kier molecular flexibility index (Phi) is 10.5. The number of rotatable bonds is 9. The molecule has 2 rings (SSSR count). The zero-order chi connectivity index (χ0) is 21.3. The number of aromatic nitrogens is 1. The number of hydrogen-bond donors (Lipinski definition) is 2. The van der Waals surface area contributed by atoms with Gasteiger partial charge in [0.25, 0.3) is 0 Å². The van der Waals surface area contributed by atoms with Gasteiger partial charge in [-0.05, 0) is 30.2 Å². The summed E-state index contributed by atoms with van der Waals surface area (Å²) < 4.78 is 53.1. The molecule has 0 saturated carbocycles. The standard InChI is InChI=1S/C19H23F3N4O3.HI/c1-27-15-5-3-13(11-16(15)28-2)7-8-24-18(23)25-9-10-29-17-6-4-14(12-26-17)19(20,21)22;/h3-6,11-12H,7-10H2,1-2H3,(H3,23,24,25);1H. The van der Waals surface area contributed by atoms with Crippen molar-refractivity contribution in [3.63, 3.8) is 0 Å². The highest BCUT2D eigenvalue weighted by Crippen LogP contribution is 2.29. The molecule has 0 atom stereocenters. The van der Waals surface area contributed by atoms with Crippen molar-refractivity contribution in [1.82, 2.24) is 10.3 Å². The van der Waals surface area contributed by atoms with Crippen LogP contribution in [-0.2, 0) is 12.6 Å². The average molecular weight is 540 g/mol. The minimum atomic E-state index is -4.42. The van der Waals surface area contributed by atoms with E-state index in [0.29, 0.717) is 31.0 Å². The molecule has 0 fully saturated rings. The first kappa shape index (κ1) is 25.6. The van der Waals surface area contributed by atoms with Gasteiger partial charge in [-0.25, -0.2) is 4.98 Å². The van der Waals surface area contributed by atoms with Crippen molar-refractivity contribution in [2.75, 3.05) is 33.9 Å². The lowest BCUT2D eigenvalue weighted by Crippen LogP contribution is -2.35. The number of alkyl halides is 3. The topological polar surface area (TPSA) is 91.0 Å². The molecule has 0 aliphatic heterocycles. The van der Waals surface area contributed by atoms with E-state index in [1.54, 1.807) is 14.2 Å². The number of guanidine groups is 1. The number of nitrogens with zero attached hydrogens (tertiary/aromatic N) is 2. The van der Waals surface area contributed by atoms with Crippen molar-refractivity contribution < 1.29 is 27.4 Å². The summed E-state index contributed by atoms with van der Waals surface area (Å²) in [5.41, 5.74) is 5.98. The number of aliphatic imine (C=N–C) groups is 1. The maximum absolute atomic E-state index is 12.5. The first-order chi connectivity index (χ1) is 13.8. The van der Waals surface area contributed by atoms with Crippen molar-refractivity contribution in [3.8, 4) is 17.4 Å². The quantitative estimate of drug-likeness (QED) is 0.220. The molecule has 30 heavy (non-hydrogen) atoms. The molecule has 0 bridgehead atoms. The molecule has 0 aliphatic rings. The fourth-order valence-electron chi connectivity index (χ4n) is 2.37. The first-order valence-corrected chi connectivity index (χ1v) is 8.74. The summed E-state index contributed by atoms with van der Waals surface area (Å²) in [6, 6.07) is 7.71. The van der Waals surface area contributed by atoms with Gasteiger partial charge in [0.2, 0.25) is 5.88 Å². The highest BCUT2D eigenvalue weighted by atomic mass is 127. The predicted molar refractivity (Wildman–Crippen MR) is 118 cm³/mol. The molecule has 2 aromatic rings. The zero-order valence-electron chi connectivity index (χ0n) is 16.5. The Hall–Kier alpha value is -2.44. The van der Waals surface area contributed by atoms with E-state index in [1.165, 1.54) is 6.07 Å². The van der Waals surface area contributed by atoms with Crippen molar-refractivity contribution in [3.05, 3.63) is 47.7 Å². The van der Waals surface area contributed by atoms with Crippen molar-refractivity contribution in [1.29, 1.82) is 0 Å². The normalized spacial score (nSPS) is 11.4. The van der Waals surface area contributed by atoms with Gasteiger partial charge in [-0.1, -0.05) is 6.07 Å². The summed E-state index contributed by atoms with van der Waals surface area (Å²) in [6.45, 7) is 0.967. The van der Waals surface area contributed by atoms with E-state index in [2.05, 4.69) is 15.3 Å². The lowest BCUT2D eigenvalue weighted by molar-refractivity contribution is -0.137. The number of pyridine rings is 1. The Morgan fingerprint density at radius 1 is 1.13 bits per heavy atom. The van der Waals surface area contributed by atoms with E-state index in [0.717, 1.165) is 17.8 Å². The molecule has 0 amide bonds. The van der Waals surface area contributed by atoms with Crippen LogP contribution in [0, 0.1) is 0 Å². The second-order valence-corrected chi connectivity index (χ2v) is 5.86. The number of methoxy groups -OCH3 is 2. The molecule has 0 unspecified atom stereocenters. The van der Waals surface area contributed by atoms with Gasteiger partial charge in [-0.15, -0.1) is 24.0 Å². The third-order valence-electron chi connectivity index (χ3n) is 3.85. The van der Waals surface area contributed by atoms with E-state index in [-0.39, 0.29) is 42.4 Å². The maximum Gasteiger partial charge on any atom is 0.417 e. The Bertz CT molecular complexity index is 818. The van der Waals surface area contributed by atoms with Crippen LogP contribution >= 0.6 is 24.0 Å². The summed E-state index contributed by atoms with van der Waals surface area (Å²) in [5, 5.41) is 2.87. The predicted octanol–water partition coefficient (Wildman–Crippen LogP) is 3.26.